The molecule has 2 rings (SSSR count). The summed E-state index contributed by atoms with van der Waals surface area (Å²) in [6.07, 6.45) is -9.66. The molecule has 21 heavy (non-hydrogen) atoms. The maximum atomic E-state index is 12.7. The number of rotatable bonds is 3. The lowest BCUT2D eigenvalue weighted by atomic mass is 10.1. The molecule has 1 heterocycles. The fraction of sp³-hybridized carbons (Fsp3) is 0.273. The molecular weight excluding hydrogens is 338 g/mol. The van der Waals surface area contributed by atoms with Crippen molar-refractivity contribution in [2.24, 2.45) is 0 Å². The summed E-state index contributed by atoms with van der Waals surface area (Å²) >= 11 is 2.19. The van der Waals surface area contributed by atoms with E-state index in [0.717, 1.165) is 23.1 Å². The molecule has 0 aliphatic heterocycles. The Morgan fingerprint density at radius 2 is 1.52 bits per heavy atom. The number of nitrogens with zero attached hydrogens (tertiary/aromatic N) is 2. The molecular formula is C11H6F6N2S2. The first-order valence-corrected chi connectivity index (χ1v) is 7.20. The Balaban J connectivity index is 2.31. The largest absolute Gasteiger partial charge is 0.416 e. The van der Waals surface area contributed by atoms with E-state index in [1.54, 1.807) is 0 Å². The molecule has 114 valence electrons. The van der Waals surface area contributed by atoms with Gasteiger partial charge in [-0.25, -0.2) is 0 Å². The minimum atomic E-state index is -4.83. The van der Waals surface area contributed by atoms with Gasteiger partial charge in [-0.15, -0.1) is 10.2 Å². The van der Waals surface area contributed by atoms with Crippen molar-refractivity contribution in [2.45, 2.75) is 22.4 Å². The van der Waals surface area contributed by atoms with E-state index >= 15 is 0 Å². The van der Waals surface area contributed by atoms with Crippen molar-refractivity contribution < 1.29 is 26.3 Å². The number of hydrogen-bond acceptors (Lipinski definition) is 4. The molecule has 0 aliphatic carbocycles. The molecule has 0 bridgehead atoms. The van der Waals surface area contributed by atoms with Gasteiger partial charge in [0.15, 0.2) is 4.34 Å². The Hall–Kier alpha value is -1.29. The van der Waals surface area contributed by atoms with Crippen molar-refractivity contribution in [3.8, 4) is 0 Å². The number of alkyl halides is 6. The molecule has 0 aliphatic rings. The van der Waals surface area contributed by atoms with Gasteiger partial charge in [-0.3, -0.25) is 0 Å². The highest BCUT2D eigenvalue weighted by molar-refractivity contribution is 8.00. The normalized spacial score (nSPS) is 12.7. The summed E-state index contributed by atoms with van der Waals surface area (Å²) in [6.45, 7) is 0. The molecule has 0 saturated heterocycles. The quantitative estimate of drug-likeness (QED) is 0.587. The second-order valence-corrected chi connectivity index (χ2v) is 5.96. The van der Waals surface area contributed by atoms with Gasteiger partial charge in [-0.05, 0) is 23.8 Å². The van der Waals surface area contributed by atoms with Crippen LogP contribution in [0.1, 0.15) is 16.7 Å². The van der Waals surface area contributed by atoms with Crippen LogP contribution < -0.4 is 0 Å². The molecule has 10 heteroatoms. The first-order valence-electron chi connectivity index (χ1n) is 5.33. The fourth-order valence-electron chi connectivity index (χ4n) is 1.47. The van der Waals surface area contributed by atoms with Crippen molar-refractivity contribution in [1.82, 2.24) is 10.2 Å². The molecule has 2 nitrogen and oxygen atoms in total. The van der Waals surface area contributed by atoms with Crippen molar-refractivity contribution >= 4 is 23.1 Å². The zero-order valence-corrected chi connectivity index (χ0v) is 11.6. The van der Waals surface area contributed by atoms with E-state index in [2.05, 4.69) is 10.2 Å². The average molecular weight is 344 g/mol. The van der Waals surface area contributed by atoms with Crippen LogP contribution in [-0.2, 0) is 18.1 Å². The highest BCUT2D eigenvalue weighted by Gasteiger charge is 2.36. The van der Waals surface area contributed by atoms with Crippen LogP contribution in [0.3, 0.4) is 0 Å². The molecule has 0 spiro atoms. The van der Waals surface area contributed by atoms with Crippen molar-refractivity contribution in [3.63, 3.8) is 0 Å². The van der Waals surface area contributed by atoms with E-state index in [4.69, 9.17) is 0 Å². The Bertz CT molecular complexity index is 574. The van der Waals surface area contributed by atoms with Crippen LogP contribution in [0.4, 0.5) is 26.3 Å². The molecule has 0 atom stereocenters. The topological polar surface area (TPSA) is 25.8 Å². The standard InChI is InChI=1S/C11H6F6N2S2/c12-10(13,14)7-1-6(2-8(3-7)11(15,16)17)4-20-9-19-18-5-21-9/h1-3,5H,4H2. The summed E-state index contributed by atoms with van der Waals surface area (Å²) in [7, 11) is 0. The smallest absolute Gasteiger partial charge is 0.166 e. The number of halogens is 6. The lowest BCUT2D eigenvalue weighted by Crippen LogP contribution is -2.11. The van der Waals surface area contributed by atoms with Crippen LogP contribution in [0.2, 0.25) is 0 Å². The van der Waals surface area contributed by atoms with Gasteiger partial charge in [-0.1, -0.05) is 23.1 Å². The average Bonchev–Trinajstić information content (AvgIpc) is 2.87. The van der Waals surface area contributed by atoms with Gasteiger partial charge in [0.1, 0.15) is 5.51 Å². The summed E-state index contributed by atoms with van der Waals surface area (Å²) in [6, 6.07) is 1.53. The zero-order valence-electron chi connectivity index (χ0n) is 10.00. The van der Waals surface area contributed by atoms with E-state index in [1.807, 2.05) is 0 Å². The Morgan fingerprint density at radius 3 is 1.95 bits per heavy atom. The van der Waals surface area contributed by atoms with Gasteiger partial charge in [-0.2, -0.15) is 26.3 Å². The van der Waals surface area contributed by atoms with Crippen LogP contribution in [0.25, 0.3) is 0 Å². The van der Waals surface area contributed by atoms with Crippen molar-refractivity contribution in [1.29, 1.82) is 0 Å². The molecule has 0 fully saturated rings. The van der Waals surface area contributed by atoms with E-state index in [0.29, 0.717) is 16.5 Å². The summed E-state index contributed by atoms with van der Waals surface area (Å²) in [5.74, 6) is -0.0534. The molecule has 2 aromatic rings. The zero-order chi connectivity index (χ0) is 15.7. The van der Waals surface area contributed by atoms with E-state index < -0.39 is 23.5 Å². The Labute approximate surface area is 123 Å². The Kier molecular flexibility index (Phi) is 4.47. The van der Waals surface area contributed by atoms with Crippen molar-refractivity contribution in [2.75, 3.05) is 0 Å². The van der Waals surface area contributed by atoms with E-state index in [-0.39, 0.29) is 17.4 Å². The fourth-order valence-corrected chi connectivity index (χ4v) is 2.89. The maximum absolute atomic E-state index is 12.7. The summed E-state index contributed by atoms with van der Waals surface area (Å²) in [5.41, 5.74) is -1.27. The number of benzene rings is 1. The minimum Gasteiger partial charge on any atom is -0.166 e. The van der Waals surface area contributed by atoms with Gasteiger partial charge in [0.2, 0.25) is 0 Å². The van der Waals surface area contributed by atoms with Crippen LogP contribution in [0.5, 0.6) is 0 Å². The van der Waals surface area contributed by atoms with Gasteiger partial charge < -0.3 is 0 Å². The summed E-state index contributed by atoms with van der Waals surface area (Å²) in [5, 5.41) is 7.20. The van der Waals surface area contributed by atoms with E-state index in [1.165, 1.54) is 5.51 Å². The lowest BCUT2D eigenvalue weighted by Gasteiger charge is -2.13. The van der Waals surface area contributed by atoms with Gasteiger partial charge in [0.05, 0.1) is 11.1 Å². The second kappa shape index (κ2) is 5.84. The van der Waals surface area contributed by atoms with Crippen LogP contribution in [-0.4, -0.2) is 10.2 Å². The third-order valence-electron chi connectivity index (χ3n) is 2.35. The second-order valence-electron chi connectivity index (χ2n) is 3.91. The molecule has 1 aromatic carbocycles. The van der Waals surface area contributed by atoms with Gasteiger partial charge >= 0.3 is 12.4 Å². The van der Waals surface area contributed by atoms with Crippen LogP contribution >= 0.6 is 23.1 Å². The first kappa shape index (κ1) is 16.1. The third kappa shape index (κ3) is 4.34. The van der Waals surface area contributed by atoms with Gasteiger partial charge in [0, 0.05) is 5.75 Å². The first-order chi connectivity index (χ1) is 9.66. The molecule has 0 radical (unpaired) electrons. The molecule has 0 unspecified atom stereocenters. The predicted molar refractivity (Wildman–Crippen MR) is 65.9 cm³/mol. The summed E-state index contributed by atoms with van der Waals surface area (Å²) < 4.78 is 76.4. The number of aromatic nitrogens is 2. The number of hydrogen-bond donors (Lipinski definition) is 0. The van der Waals surface area contributed by atoms with Crippen molar-refractivity contribution in [3.05, 3.63) is 40.4 Å². The van der Waals surface area contributed by atoms with Gasteiger partial charge in [0.25, 0.3) is 0 Å². The SMILES string of the molecule is FC(F)(F)c1cc(CSc2nncs2)cc(C(F)(F)F)c1. The lowest BCUT2D eigenvalue weighted by molar-refractivity contribution is -0.143. The Morgan fingerprint density at radius 1 is 0.952 bits per heavy atom. The maximum Gasteiger partial charge on any atom is 0.416 e. The summed E-state index contributed by atoms with van der Waals surface area (Å²) in [4.78, 5) is 0. The highest BCUT2D eigenvalue weighted by atomic mass is 32.2. The predicted octanol–water partition coefficient (Wildman–Crippen LogP) is 4.87. The minimum absolute atomic E-state index is 0.0534. The third-order valence-corrected chi connectivity index (χ3v) is 4.28. The van der Waals surface area contributed by atoms with E-state index in [9.17, 15) is 26.3 Å². The molecule has 0 N–H and O–H groups in total. The molecule has 0 amide bonds. The number of thioether (sulfide) groups is 1. The molecule has 1 aromatic heterocycles. The van der Waals surface area contributed by atoms with Crippen LogP contribution in [0, 0.1) is 0 Å². The van der Waals surface area contributed by atoms with Crippen LogP contribution in [0.15, 0.2) is 28.0 Å². The molecule has 0 saturated carbocycles. The highest BCUT2D eigenvalue weighted by Crippen LogP contribution is 2.37. The monoisotopic (exact) mass is 344 g/mol.